The molecule has 2 heteroatoms. The minimum Gasteiger partial charge on any atom is -0.313 e. The van der Waals surface area contributed by atoms with Crippen molar-refractivity contribution in [1.82, 2.24) is 10.2 Å². The Hall–Kier alpha value is -0.860. The van der Waals surface area contributed by atoms with Crippen molar-refractivity contribution in [2.45, 2.75) is 57.9 Å². The van der Waals surface area contributed by atoms with Gasteiger partial charge in [0.2, 0.25) is 0 Å². The fourth-order valence-electron chi connectivity index (χ4n) is 2.97. The highest BCUT2D eigenvalue weighted by molar-refractivity contribution is 5.26. The molecule has 1 aromatic rings. The van der Waals surface area contributed by atoms with E-state index in [0.29, 0.717) is 0 Å². The molecular formula is C19H32N2. The average Bonchev–Trinajstić information content (AvgIpc) is 3.35. The van der Waals surface area contributed by atoms with E-state index in [-0.39, 0.29) is 5.41 Å². The smallest absolute Gasteiger partial charge is 0.0177 e. The normalized spacial score (nSPS) is 17.9. The van der Waals surface area contributed by atoms with Crippen LogP contribution in [0.15, 0.2) is 30.3 Å². The first kappa shape index (κ1) is 16.5. The van der Waals surface area contributed by atoms with E-state index in [2.05, 4.69) is 61.3 Å². The van der Waals surface area contributed by atoms with E-state index in [0.717, 1.165) is 25.7 Å². The van der Waals surface area contributed by atoms with Crippen molar-refractivity contribution >= 4 is 0 Å². The van der Waals surface area contributed by atoms with Gasteiger partial charge in [-0.15, -0.1) is 0 Å². The number of nitrogens with one attached hydrogen (secondary N) is 1. The van der Waals surface area contributed by atoms with Crippen molar-refractivity contribution in [2.75, 3.05) is 26.2 Å². The monoisotopic (exact) mass is 288 g/mol. The molecule has 118 valence electrons. The molecule has 1 fully saturated rings. The minimum absolute atomic E-state index is 0.202. The summed E-state index contributed by atoms with van der Waals surface area (Å²) in [6.45, 7) is 11.6. The summed E-state index contributed by atoms with van der Waals surface area (Å²) >= 11 is 0. The molecule has 2 nitrogen and oxygen atoms in total. The molecule has 1 aromatic carbocycles. The standard InChI is InChI=1S/C19H32N2/c1-4-6-14-21(5-2)16-19(3,15-20-18-12-13-18)17-10-8-7-9-11-17/h7-11,18,20H,4-6,12-16H2,1-3H3. The lowest BCUT2D eigenvalue weighted by Crippen LogP contribution is -2.46. The Morgan fingerprint density at radius 1 is 1.19 bits per heavy atom. The van der Waals surface area contributed by atoms with Gasteiger partial charge in [0, 0.05) is 24.5 Å². The summed E-state index contributed by atoms with van der Waals surface area (Å²) < 4.78 is 0. The zero-order valence-electron chi connectivity index (χ0n) is 14.1. The molecule has 0 saturated heterocycles. The molecule has 0 spiro atoms. The fraction of sp³-hybridized carbons (Fsp3) is 0.684. The molecule has 1 atom stereocenters. The minimum atomic E-state index is 0.202. The number of nitrogens with zero attached hydrogens (tertiary/aromatic N) is 1. The van der Waals surface area contributed by atoms with Crippen LogP contribution in [-0.2, 0) is 5.41 Å². The van der Waals surface area contributed by atoms with Crippen LogP contribution >= 0.6 is 0 Å². The number of rotatable bonds is 10. The summed E-state index contributed by atoms with van der Waals surface area (Å²) in [7, 11) is 0. The summed E-state index contributed by atoms with van der Waals surface area (Å²) in [4.78, 5) is 2.62. The van der Waals surface area contributed by atoms with Gasteiger partial charge in [0.15, 0.2) is 0 Å². The van der Waals surface area contributed by atoms with Crippen LogP contribution < -0.4 is 5.32 Å². The van der Waals surface area contributed by atoms with Crippen LogP contribution in [0.2, 0.25) is 0 Å². The molecule has 1 saturated carbocycles. The highest BCUT2D eigenvalue weighted by Crippen LogP contribution is 2.27. The largest absolute Gasteiger partial charge is 0.313 e. The average molecular weight is 288 g/mol. The van der Waals surface area contributed by atoms with E-state index in [1.165, 1.54) is 37.8 Å². The van der Waals surface area contributed by atoms with E-state index in [1.54, 1.807) is 0 Å². The predicted molar refractivity (Wildman–Crippen MR) is 91.8 cm³/mol. The van der Waals surface area contributed by atoms with Crippen molar-refractivity contribution in [3.05, 3.63) is 35.9 Å². The van der Waals surface area contributed by atoms with Gasteiger partial charge in [-0.2, -0.15) is 0 Å². The molecule has 0 amide bonds. The van der Waals surface area contributed by atoms with Crippen LogP contribution in [0.1, 0.15) is 52.0 Å². The van der Waals surface area contributed by atoms with E-state index >= 15 is 0 Å². The van der Waals surface area contributed by atoms with Gasteiger partial charge in [-0.25, -0.2) is 0 Å². The molecule has 0 aromatic heterocycles. The highest BCUT2D eigenvalue weighted by atomic mass is 15.1. The molecule has 1 aliphatic rings. The molecule has 0 aliphatic heterocycles. The van der Waals surface area contributed by atoms with Gasteiger partial charge in [-0.3, -0.25) is 0 Å². The van der Waals surface area contributed by atoms with Crippen molar-refractivity contribution in [1.29, 1.82) is 0 Å². The Kier molecular flexibility index (Phi) is 6.25. The number of likely N-dealkylation sites (N-methyl/N-ethyl adjacent to an activating group) is 1. The fourth-order valence-corrected chi connectivity index (χ4v) is 2.97. The topological polar surface area (TPSA) is 15.3 Å². The van der Waals surface area contributed by atoms with Crippen molar-refractivity contribution in [3.8, 4) is 0 Å². The van der Waals surface area contributed by atoms with E-state index in [1.807, 2.05) is 0 Å². The van der Waals surface area contributed by atoms with E-state index in [4.69, 9.17) is 0 Å². The summed E-state index contributed by atoms with van der Waals surface area (Å²) in [5, 5.41) is 3.75. The Balaban J connectivity index is 2.06. The first-order valence-electron chi connectivity index (χ1n) is 8.69. The third-order valence-electron chi connectivity index (χ3n) is 4.68. The highest BCUT2D eigenvalue weighted by Gasteiger charge is 2.31. The number of benzene rings is 1. The lowest BCUT2D eigenvalue weighted by molar-refractivity contribution is 0.216. The van der Waals surface area contributed by atoms with Gasteiger partial charge < -0.3 is 10.2 Å². The summed E-state index contributed by atoms with van der Waals surface area (Å²) in [5.74, 6) is 0. The van der Waals surface area contributed by atoms with Gasteiger partial charge in [-0.1, -0.05) is 57.5 Å². The second kappa shape index (κ2) is 7.95. The zero-order valence-corrected chi connectivity index (χ0v) is 14.1. The zero-order chi connectivity index (χ0) is 15.1. The van der Waals surface area contributed by atoms with Crippen LogP contribution in [0.25, 0.3) is 0 Å². The van der Waals surface area contributed by atoms with Gasteiger partial charge >= 0.3 is 0 Å². The molecule has 1 N–H and O–H groups in total. The first-order chi connectivity index (χ1) is 10.2. The summed E-state index contributed by atoms with van der Waals surface area (Å²) in [6.07, 6.45) is 5.30. The Labute approximate surface area is 130 Å². The van der Waals surface area contributed by atoms with Gasteiger partial charge in [0.05, 0.1) is 0 Å². The lowest BCUT2D eigenvalue weighted by Gasteiger charge is -2.36. The Bertz CT molecular complexity index is 399. The predicted octanol–water partition coefficient (Wildman–Crippen LogP) is 3.82. The van der Waals surface area contributed by atoms with Gasteiger partial charge in [0.25, 0.3) is 0 Å². The van der Waals surface area contributed by atoms with Crippen molar-refractivity contribution in [3.63, 3.8) is 0 Å². The first-order valence-corrected chi connectivity index (χ1v) is 8.69. The lowest BCUT2D eigenvalue weighted by atomic mass is 9.81. The second-order valence-electron chi connectivity index (χ2n) is 6.80. The molecule has 21 heavy (non-hydrogen) atoms. The third-order valence-corrected chi connectivity index (χ3v) is 4.68. The Morgan fingerprint density at radius 2 is 1.90 bits per heavy atom. The van der Waals surface area contributed by atoms with Crippen LogP contribution in [0.4, 0.5) is 0 Å². The van der Waals surface area contributed by atoms with E-state index < -0.39 is 0 Å². The van der Waals surface area contributed by atoms with Crippen molar-refractivity contribution < 1.29 is 0 Å². The second-order valence-corrected chi connectivity index (χ2v) is 6.80. The summed E-state index contributed by atoms with van der Waals surface area (Å²) in [5.41, 5.74) is 1.67. The van der Waals surface area contributed by atoms with Gasteiger partial charge in [-0.05, 0) is 37.9 Å². The molecule has 0 radical (unpaired) electrons. The van der Waals surface area contributed by atoms with Crippen LogP contribution in [-0.4, -0.2) is 37.1 Å². The number of unbranched alkanes of at least 4 members (excludes halogenated alkanes) is 1. The number of hydrogen-bond donors (Lipinski definition) is 1. The molecule has 0 bridgehead atoms. The molecule has 0 heterocycles. The van der Waals surface area contributed by atoms with Gasteiger partial charge in [0.1, 0.15) is 0 Å². The maximum absolute atomic E-state index is 3.75. The summed E-state index contributed by atoms with van der Waals surface area (Å²) in [6, 6.07) is 11.8. The third kappa shape index (κ3) is 5.12. The molecular weight excluding hydrogens is 256 g/mol. The molecule has 1 aliphatic carbocycles. The van der Waals surface area contributed by atoms with E-state index in [9.17, 15) is 0 Å². The van der Waals surface area contributed by atoms with Crippen LogP contribution in [0, 0.1) is 0 Å². The quantitative estimate of drug-likeness (QED) is 0.704. The maximum Gasteiger partial charge on any atom is 0.0177 e. The number of hydrogen-bond acceptors (Lipinski definition) is 2. The Morgan fingerprint density at radius 3 is 2.48 bits per heavy atom. The SMILES string of the molecule is CCCCN(CC)CC(C)(CNC1CC1)c1ccccc1. The van der Waals surface area contributed by atoms with Crippen LogP contribution in [0.5, 0.6) is 0 Å². The molecule has 2 rings (SSSR count). The maximum atomic E-state index is 3.75. The van der Waals surface area contributed by atoms with Crippen molar-refractivity contribution in [2.24, 2.45) is 0 Å². The molecule has 1 unspecified atom stereocenters. The van der Waals surface area contributed by atoms with Crippen LogP contribution in [0.3, 0.4) is 0 Å².